The minimum Gasteiger partial charge on any atom is -0.380 e. The van der Waals surface area contributed by atoms with Gasteiger partial charge in [-0.15, -0.1) is 0 Å². The molecule has 0 saturated heterocycles. The largest absolute Gasteiger partial charge is 0.380 e. The van der Waals surface area contributed by atoms with Crippen LogP contribution in [0, 0.1) is 5.92 Å². The van der Waals surface area contributed by atoms with Crippen molar-refractivity contribution in [1.29, 1.82) is 0 Å². The van der Waals surface area contributed by atoms with E-state index in [9.17, 15) is 4.79 Å². The van der Waals surface area contributed by atoms with E-state index in [1.807, 2.05) is 13.8 Å². The maximum absolute atomic E-state index is 10.2. The average molecular weight is 142 g/mol. The van der Waals surface area contributed by atoms with E-state index in [0.29, 0.717) is 5.92 Å². The molecule has 0 saturated carbocycles. The predicted octanol–water partition coefficient (Wildman–Crippen LogP) is 0.231. The highest BCUT2D eigenvalue weighted by Crippen LogP contribution is 2.00. The molecule has 0 unspecified atom stereocenters. The molecule has 3 heteroatoms. The van der Waals surface area contributed by atoms with Crippen molar-refractivity contribution in [3.8, 4) is 0 Å². The highest BCUT2D eigenvalue weighted by Gasteiger charge is 1.99. The Morgan fingerprint density at radius 2 is 2.20 bits per heavy atom. The summed E-state index contributed by atoms with van der Waals surface area (Å²) >= 11 is 0. The summed E-state index contributed by atoms with van der Waals surface area (Å²) in [6, 6.07) is 0. The predicted molar refractivity (Wildman–Crippen MR) is 41.2 cm³/mol. The average Bonchev–Trinajstić information content (AvgIpc) is 1.82. The van der Waals surface area contributed by atoms with Crippen LogP contribution in [0.3, 0.4) is 0 Å². The number of amides is 1. The fraction of sp³-hybridized carbons (Fsp3) is 0.571. The molecule has 0 aliphatic rings. The summed E-state index contributed by atoms with van der Waals surface area (Å²) in [4.78, 5) is 10.2. The van der Waals surface area contributed by atoms with E-state index >= 15 is 0 Å². The highest BCUT2D eigenvalue weighted by molar-refractivity contribution is 5.76. The molecular weight excluding hydrogens is 128 g/mol. The molecule has 0 aromatic rings. The first-order valence-corrected chi connectivity index (χ1v) is 3.25. The van der Waals surface area contributed by atoms with E-state index < -0.39 is 0 Å². The third-order valence-corrected chi connectivity index (χ3v) is 1.19. The molecule has 0 bridgehead atoms. The molecule has 0 heterocycles. The van der Waals surface area contributed by atoms with E-state index in [1.54, 1.807) is 0 Å². The van der Waals surface area contributed by atoms with E-state index in [-0.39, 0.29) is 12.5 Å². The number of hydrogen-bond donors (Lipinski definition) is 2. The number of nitrogens with one attached hydrogen (secondary N) is 1. The van der Waals surface area contributed by atoms with Crippen molar-refractivity contribution in [3.05, 3.63) is 12.3 Å². The van der Waals surface area contributed by atoms with Gasteiger partial charge in [-0.2, -0.15) is 0 Å². The van der Waals surface area contributed by atoms with Crippen LogP contribution in [0.15, 0.2) is 12.3 Å². The van der Waals surface area contributed by atoms with Crippen LogP contribution in [-0.4, -0.2) is 12.5 Å². The molecule has 58 valence electrons. The van der Waals surface area contributed by atoms with Crippen LogP contribution in [0.4, 0.5) is 0 Å². The Kier molecular flexibility index (Phi) is 3.54. The number of rotatable bonds is 4. The van der Waals surface area contributed by atoms with Crippen molar-refractivity contribution >= 4 is 5.91 Å². The van der Waals surface area contributed by atoms with Gasteiger partial charge in [-0.3, -0.25) is 4.79 Å². The normalized spacial score (nSPS) is 9.50. The number of primary amides is 1. The van der Waals surface area contributed by atoms with Gasteiger partial charge in [-0.05, 0) is 5.92 Å². The molecule has 3 N–H and O–H groups in total. The quantitative estimate of drug-likeness (QED) is 0.590. The Morgan fingerprint density at radius 1 is 1.70 bits per heavy atom. The molecule has 10 heavy (non-hydrogen) atoms. The van der Waals surface area contributed by atoms with Gasteiger partial charge in [0.2, 0.25) is 5.91 Å². The minimum atomic E-state index is -0.359. The van der Waals surface area contributed by atoms with Crippen molar-refractivity contribution in [3.63, 3.8) is 0 Å². The Labute approximate surface area is 61.3 Å². The van der Waals surface area contributed by atoms with Gasteiger partial charge in [0, 0.05) is 5.70 Å². The summed E-state index contributed by atoms with van der Waals surface area (Å²) in [6.07, 6.45) is 0. The summed E-state index contributed by atoms with van der Waals surface area (Å²) in [7, 11) is 0. The van der Waals surface area contributed by atoms with Crippen molar-refractivity contribution in [1.82, 2.24) is 5.32 Å². The summed E-state index contributed by atoms with van der Waals surface area (Å²) in [6.45, 7) is 7.88. The number of carbonyl (C=O) groups excluding carboxylic acids is 1. The molecule has 0 spiro atoms. The van der Waals surface area contributed by atoms with Crippen LogP contribution in [-0.2, 0) is 4.79 Å². The third-order valence-electron chi connectivity index (χ3n) is 1.19. The topological polar surface area (TPSA) is 55.1 Å². The third kappa shape index (κ3) is 3.95. The highest BCUT2D eigenvalue weighted by atomic mass is 16.1. The standard InChI is InChI=1S/C7H14N2O/c1-5(2)6(3)9-4-7(8)10/h5,9H,3-4H2,1-2H3,(H2,8,10). The Balaban J connectivity index is 3.50. The van der Waals surface area contributed by atoms with Crippen LogP contribution >= 0.6 is 0 Å². The molecule has 3 nitrogen and oxygen atoms in total. The number of carbonyl (C=O) groups is 1. The van der Waals surface area contributed by atoms with Gasteiger partial charge in [0.15, 0.2) is 0 Å². The van der Waals surface area contributed by atoms with Crippen molar-refractivity contribution < 1.29 is 4.79 Å². The molecule has 0 fully saturated rings. The summed E-state index contributed by atoms with van der Waals surface area (Å²) in [5.74, 6) is -0.0128. The van der Waals surface area contributed by atoms with E-state index in [0.717, 1.165) is 5.70 Å². The van der Waals surface area contributed by atoms with Gasteiger partial charge < -0.3 is 11.1 Å². The second-order valence-electron chi connectivity index (χ2n) is 2.50. The van der Waals surface area contributed by atoms with E-state index in [4.69, 9.17) is 5.73 Å². The molecule has 0 atom stereocenters. The smallest absolute Gasteiger partial charge is 0.236 e. The van der Waals surface area contributed by atoms with Gasteiger partial charge in [0.05, 0.1) is 6.54 Å². The van der Waals surface area contributed by atoms with Crippen LogP contribution in [0.5, 0.6) is 0 Å². The maximum Gasteiger partial charge on any atom is 0.236 e. The molecule has 0 aromatic carbocycles. The van der Waals surface area contributed by atoms with Gasteiger partial charge in [0.1, 0.15) is 0 Å². The zero-order valence-corrected chi connectivity index (χ0v) is 6.48. The maximum atomic E-state index is 10.2. The number of allylic oxidation sites excluding steroid dienone is 1. The minimum absolute atomic E-state index is 0.178. The molecule has 0 aliphatic carbocycles. The first-order valence-electron chi connectivity index (χ1n) is 3.25. The van der Waals surface area contributed by atoms with Gasteiger partial charge >= 0.3 is 0 Å². The fourth-order valence-corrected chi connectivity index (χ4v) is 0.405. The van der Waals surface area contributed by atoms with Gasteiger partial charge in [-0.25, -0.2) is 0 Å². The van der Waals surface area contributed by atoms with Crippen LogP contribution < -0.4 is 11.1 Å². The Bertz CT molecular complexity index is 141. The van der Waals surface area contributed by atoms with Crippen LogP contribution in [0.1, 0.15) is 13.8 Å². The second-order valence-corrected chi connectivity index (χ2v) is 2.50. The van der Waals surface area contributed by atoms with Crippen molar-refractivity contribution in [2.75, 3.05) is 6.54 Å². The molecule has 0 aromatic heterocycles. The zero-order chi connectivity index (χ0) is 8.15. The van der Waals surface area contributed by atoms with Crippen LogP contribution in [0.25, 0.3) is 0 Å². The van der Waals surface area contributed by atoms with E-state index in [2.05, 4.69) is 11.9 Å². The first kappa shape index (κ1) is 9.01. The lowest BCUT2D eigenvalue weighted by atomic mass is 10.1. The monoisotopic (exact) mass is 142 g/mol. The number of nitrogens with two attached hydrogens (primary N) is 1. The van der Waals surface area contributed by atoms with Crippen molar-refractivity contribution in [2.45, 2.75) is 13.8 Å². The lowest BCUT2D eigenvalue weighted by molar-refractivity contribution is -0.117. The van der Waals surface area contributed by atoms with Crippen molar-refractivity contribution in [2.24, 2.45) is 11.7 Å². The van der Waals surface area contributed by atoms with E-state index in [1.165, 1.54) is 0 Å². The van der Waals surface area contributed by atoms with Gasteiger partial charge in [-0.1, -0.05) is 20.4 Å². The SMILES string of the molecule is C=C(NCC(N)=O)C(C)C. The summed E-state index contributed by atoms with van der Waals surface area (Å²) in [5, 5.41) is 2.81. The zero-order valence-electron chi connectivity index (χ0n) is 6.48. The molecule has 0 aliphatic heterocycles. The lowest BCUT2D eigenvalue weighted by Crippen LogP contribution is -2.29. The van der Waals surface area contributed by atoms with Gasteiger partial charge in [0.25, 0.3) is 0 Å². The fourth-order valence-electron chi connectivity index (χ4n) is 0.405. The summed E-state index contributed by atoms with van der Waals surface area (Å²) < 4.78 is 0. The second kappa shape index (κ2) is 3.93. The summed E-state index contributed by atoms with van der Waals surface area (Å²) in [5.41, 5.74) is 5.74. The molecule has 1 amide bonds. The lowest BCUT2D eigenvalue weighted by Gasteiger charge is -2.09. The molecular formula is C7H14N2O. The Hall–Kier alpha value is -0.990. The Morgan fingerprint density at radius 3 is 2.50 bits per heavy atom. The number of hydrogen-bond acceptors (Lipinski definition) is 2. The molecule has 0 rings (SSSR count). The molecule has 0 radical (unpaired) electrons. The first-order chi connectivity index (χ1) is 4.54. The van der Waals surface area contributed by atoms with Crippen LogP contribution in [0.2, 0.25) is 0 Å².